The molecule has 3 N–H and O–H groups in total. The highest BCUT2D eigenvalue weighted by atomic mass is 16.5. The van der Waals surface area contributed by atoms with Crippen molar-refractivity contribution < 1.29 is 9.84 Å². The Kier molecular flexibility index (Phi) is 6.40. The molecule has 8 heteroatoms. The maximum atomic E-state index is 9.74. The number of aromatic nitrogens is 3. The van der Waals surface area contributed by atoms with Crippen LogP contribution in [-0.2, 0) is 4.74 Å². The zero-order chi connectivity index (χ0) is 15.1. The van der Waals surface area contributed by atoms with Crippen LogP contribution in [0, 0.1) is 0 Å². The summed E-state index contributed by atoms with van der Waals surface area (Å²) in [6.07, 6.45) is -0.611. The average molecular weight is 284 g/mol. The van der Waals surface area contributed by atoms with Crippen molar-refractivity contribution in [3.63, 3.8) is 0 Å². The molecule has 1 rings (SSSR count). The van der Waals surface area contributed by atoms with E-state index in [0.717, 1.165) is 13.1 Å². The maximum Gasteiger partial charge on any atom is 0.231 e. The van der Waals surface area contributed by atoms with E-state index in [1.807, 2.05) is 18.7 Å². The summed E-state index contributed by atoms with van der Waals surface area (Å²) in [6.45, 7) is 6.23. The number of hydrogen-bond donors (Lipinski definition) is 2. The molecular formula is C12H24N6O2. The van der Waals surface area contributed by atoms with E-state index in [2.05, 4.69) is 15.0 Å². The minimum absolute atomic E-state index is 0.171. The lowest BCUT2D eigenvalue weighted by Crippen LogP contribution is -2.34. The van der Waals surface area contributed by atoms with E-state index in [4.69, 9.17) is 10.5 Å². The van der Waals surface area contributed by atoms with Gasteiger partial charge in [0, 0.05) is 33.8 Å². The zero-order valence-electron chi connectivity index (χ0n) is 12.6. The molecule has 8 nitrogen and oxygen atoms in total. The molecule has 0 fully saturated rings. The van der Waals surface area contributed by atoms with Crippen molar-refractivity contribution in [1.29, 1.82) is 0 Å². The highest BCUT2D eigenvalue weighted by molar-refractivity contribution is 5.43. The highest BCUT2D eigenvalue weighted by Crippen LogP contribution is 2.14. The molecule has 0 saturated carbocycles. The van der Waals surface area contributed by atoms with Gasteiger partial charge in [-0.05, 0) is 13.8 Å². The summed E-state index contributed by atoms with van der Waals surface area (Å²) in [5.74, 6) is 1.16. The molecule has 1 unspecified atom stereocenters. The summed E-state index contributed by atoms with van der Waals surface area (Å²) in [7, 11) is 3.34. The number of likely N-dealkylation sites (N-methyl/N-ethyl adjacent to an activating group) is 1. The Labute approximate surface area is 119 Å². The summed E-state index contributed by atoms with van der Waals surface area (Å²) in [5.41, 5.74) is 5.73. The Morgan fingerprint density at radius 3 is 2.35 bits per heavy atom. The number of nitrogens with zero attached hydrogens (tertiary/aromatic N) is 5. The van der Waals surface area contributed by atoms with Crippen molar-refractivity contribution in [1.82, 2.24) is 15.0 Å². The monoisotopic (exact) mass is 284 g/mol. The molecular weight excluding hydrogens is 260 g/mol. The molecule has 0 radical (unpaired) electrons. The van der Waals surface area contributed by atoms with Crippen LogP contribution >= 0.6 is 0 Å². The molecule has 0 amide bonds. The van der Waals surface area contributed by atoms with Gasteiger partial charge in [0.25, 0.3) is 0 Å². The van der Waals surface area contributed by atoms with Crippen LogP contribution in [0.1, 0.15) is 13.8 Å². The minimum atomic E-state index is -0.611. The Balaban J connectivity index is 2.89. The number of rotatable bonds is 8. The Bertz CT molecular complexity index is 413. The van der Waals surface area contributed by atoms with Gasteiger partial charge in [0.05, 0.1) is 12.7 Å². The van der Waals surface area contributed by atoms with Crippen LogP contribution in [0.25, 0.3) is 0 Å². The molecule has 0 aliphatic rings. The number of nitrogens with two attached hydrogens (primary N) is 1. The second-order valence-electron chi connectivity index (χ2n) is 4.46. The van der Waals surface area contributed by atoms with Crippen molar-refractivity contribution in [2.75, 3.05) is 55.9 Å². The van der Waals surface area contributed by atoms with E-state index < -0.39 is 6.10 Å². The lowest BCUT2D eigenvalue weighted by Gasteiger charge is -2.23. The number of hydrogen-bond acceptors (Lipinski definition) is 8. The lowest BCUT2D eigenvalue weighted by molar-refractivity contribution is 0.0693. The first-order valence-corrected chi connectivity index (χ1v) is 6.66. The smallest absolute Gasteiger partial charge is 0.231 e. The molecule has 0 aromatic carbocycles. The average Bonchev–Trinajstić information content (AvgIpc) is 2.39. The van der Waals surface area contributed by atoms with Crippen LogP contribution in [0.3, 0.4) is 0 Å². The van der Waals surface area contributed by atoms with Crippen LogP contribution in [0.4, 0.5) is 17.8 Å². The van der Waals surface area contributed by atoms with Gasteiger partial charge < -0.3 is 25.4 Å². The third-order valence-corrected chi connectivity index (χ3v) is 2.86. The summed E-state index contributed by atoms with van der Waals surface area (Å²) in [5, 5.41) is 9.74. The SMILES string of the molecule is CCN(CC)c1nc(N)nc(N(C)CC(O)COC)n1. The van der Waals surface area contributed by atoms with Crippen LogP contribution in [0.2, 0.25) is 0 Å². The van der Waals surface area contributed by atoms with Gasteiger partial charge in [-0.15, -0.1) is 0 Å². The van der Waals surface area contributed by atoms with E-state index in [1.54, 1.807) is 19.1 Å². The minimum Gasteiger partial charge on any atom is -0.389 e. The van der Waals surface area contributed by atoms with Crippen molar-refractivity contribution >= 4 is 17.8 Å². The molecule has 0 saturated heterocycles. The van der Waals surface area contributed by atoms with Gasteiger partial charge in [-0.1, -0.05) is 0 Å². The van der Waals surface area contributed by atoms with Crippen molar-refractivity contribution in [2.45, 2.75) is 20.0 Å². The maximum absolute atomic E-state index is 9.74. The number of anilines is 3. The molecule has 20 heavy (non-hydrogen) atoms. The molecule has 1 atom stereocenters. The third kappa shape index (κ3) is 4.46. The first-order chi connectivity index (χ1) is 9.51. The van der Waals surface area contributed by atoms with E-state index in [1.165, 1.54) is 0 Å². The van der Waals surface area contributed by atoms with E-state index in [9.17, 15) is 5.11 Å². The zero-order valence-corrected chi connectivity index (χ0v) is 12.6. The van der Waals surface area contributed by atoms with E-state index in [0.29, 0.717) is 18.4 Å². The van der Waals surface area contributed by atoms with Crippen LogP contribution < -0.4 is 15.5 Å². The van der Waals surface area contributed by atoms with Crippen LogP contribution in [0.5, 0.6) is 0 Å². The number of aliphatic hydroxyl groups is 1. The molecule has 1 aromatic rings. The van der Waals surface area contributed by atoms with Gasteiger partial charge in [-0.2, -0.15) is 15.0 Å². The fourth-order valence-electron chi connectivity index (χ4n) is 1.83. The Hall–Kier alpha value is -1.67. The standard InChI is InChI=1S/C12H24N6O2/c1-5-18(6-2)12-15-10(13)14-11(16-12)17(3)7-9(19)8-20-4/h9,19H,5-8H2,1-4H3,(H2,13,14,15,16). The third-order valence-electron chi connectivity index (χ3n) is 2.86. The predicted molar refractivity (Wildman–Crippen MR) is 79.0 cm³/mol. The van der Waals surface area contributed by atoms with Crippen LogP contribution in [-0.4, -0.2) is 66.6 Å². The van der Waals surface area contributed by atoms with Gasteiger partial charge in [0.15, 0.2) is 0 Å². The quantitative estimate of drug-likeness (QED) is 0.673. The lowest BCUT2D eigenvalue weighted by atomic mass is 10.3. The van der Waals surface area contributed by atoms with Gasteiger partial charge in [0.2, 0.25) is 17.8 Å². The normalized spacial score (nSPS) is 12.2. The van der Waals surface area contributed by atoms with Gasteiger partial charge in [-0.3, -0.25) is 0 Å². The number of ether oxygens (including phenoxy) is 1. The first kappa shape index (κ1) is 16.4. The number of methoxy groups -OCH3 is 1. The van der Waals surface area contributed by atoms with E-state index in [-0.39, 0.29) is 12.6 Å². The fourth-order valence-corrected chi connectivity index (χ4v) is 1.83. The van der Waals surface area contributed by atoms with Crippen molar-refractivity contribution in [3.05, 3.63) is 0 Å². The molecule has 0 aliphatic heterocycles. The molecule has 0 spiro atoms. The molecule has 0 aliphatic carbocycles. The van der Waals surface area contributed by atoms with E-state index >= 15 is 0 Å². The predicted octanol–water partition coefficient (Wildman–Crippen LogP) is -0.256. The van der Waals surface area contributed by atoms with Gasteiger partial charge >= 0.3 is 0 Å². The largest absolute Gasteiger partial charge is 0.389 e. The number of nitrogen functional groups attached to an aromatic ring is 1. The number of aliphatic hydroxyl groups excluding tert-OH is 1. The molecule has 114 valence electrons. The van der Waals surface area contributed by atoms with Crippen LogP contribution in [0.15, 0.2) is 0 Å². The summed E-state index contributed by atoms with van der Waals surface area (Å²) in [4.78, 5) is 16.3. The summed E-state index contributed by atoms with van der Waals surface area (Å²) >= 11 is 0. The topological polar surface area (TPSA) is 101 Å². The second-order valence-corrected chi connectivity index (χ2v) is 4.46. The second kappa shape index (κ2) is 7.81. The first-order valence-electron chi connectivity index (χ1n) is 6.66. The highest BCUT2D eigenvalue weighted by Gasteiger charge is 2.15. The Morgan fingerprint density at radius 2 is 1.80 bits per heavy atom. The molecule has 1 aromatic heterocycles. The van der Waals surface area contributed by atoms with Gasteiger partial charge in [0.1, 0.15) is 0 Å². The van der Waals surface area contributed by atoms with Crippen molar-refractivity contribution in [2.24, 2.45) is 0 Å². The summed E-state index contributed by atoms with van der Waals surface area (Å²) < 4.78 is 4.90. The fraction of sp³-hybridized carbons (Fsp3) is 0.750. The molecule has 1 heterocycles. The van der Waals surface area contributed by atoms with Gasteiger partial charge in [-0.25, -0.2) is 0 Å². The van der Waals surface area contributed by atoms with Crippen molar-refractivity contribution in [3.8, 4) is 0 Å². The summed E-state index contributed by atoms with van der Waals surface area (Å²) in [6, 6.07) is 0. The Morgan fingerprint density at radius 1 is 1.20 bits per heavy atom. The molecule has 0 bridgehead atoms.